The van der Waals surface area contributed by atoms with Gasteiger partial charge in [0.25, 0.3) is 0 Å². The Hall–Kier alpha value is -1.83. The highest BCUT2D eigenvalue weighted by Crippen LogP contribution is 2.32. The molecule has 0 spiro atoms. The summed E-state index contributed by atoms with van der Waals surface area (Å²) in [4.78, 5) is 16.5. The fourth-order valence-corrected chi connectivity index (χ4v) is 3.11. The van der Waals surface area contributed by atoms with E-state index in [9.17, 15) is 4.79 Å². The topological polar surface area (TPSA) is 63.3 Å². The molecule has 1 atom stereocenters. The Morgan fingerprint density at radius 1 is 1.27 bits per heavy atom. The molecule has 0 radical (unpaired) electrons. The average Bonchev–Trinajstić information content (AvgIpc) is 3.13. The number of benzene rings is 1. The molecule has 2 aliphatic rings. The molecule has 1 fully saturated rings. The van der Waals surface area contributed by atoms with Crippen molar-refractivity contribution < 1.29 is 19.0 Å². The first-order valence-electron chi connectivity index (χ1n) is 9.27. The summed E-state index contributed by atoms with van der Waals surface area (Å²) in [5.41, 5.74) is 1.20. The van der Waals surface area contributed by atoms with E-state index in [0.717, 1.165) is 50.8 Å². The summed E-state index contributed by atoms with van der Waals surface area (Å²) in [5, 5.41) is 3.01. The summed E-state index contributed by atoms with van der Waals surface area (Å²) in [6.45, 7) is 7.16. The number of carbonyl (C=O) groups is 1. The molecule has 0 aromatic heterocycles. The van der Waals surface area contributed by atoms with Crippen molar-refractivity contribution in [2.45, 2.75) is 25.8 Å². The van der Waals surface area contributed by atoms with Gasteiger partial charge in [0.1, 0.15) is 0 Å². The number of carbonyl (C=O) groups excluding carboxylic acids is 1. The van der Waals surface area contributed by atoms with Crippen LogP contribution in [-0.2, 0) is 16.0 Å². The van der Waals surface area contributed by atoms with E-state index in [2.05, 4.69) is 28.1 Å². The monoisotopic (exact) mass is 363 g/mol. The van der Waals surface area contributed by atoms with Gasteiger partial charge >= 0.3 is 0 Å². The number of likely N-dealkylation sites (N-methyl/N-ethyl adjacent to an activating group) is 1. The highest BCUT2D eigenvalue weighted by atomic mass is 16.7. The third-order valence-corrected chi connectivity index (χ3v) is 5.00. The highest BCUT2D eigenvalue weighted by Gasteiger charge is 2.17. The molecule has 2 aliphatic heterocycles. The number of rotatable bonds is 8. The van der Waals surface area contributed by atoms with Gasteiger partial charge in [0.15, 0.2) is 11.5 Å². The summed E-state index contributed by atoms with van der Waals surface area (Å²) in [6, 6.07) is 6.36. The Bertz CT molecular complexity index is 604. The van der Waals surface area contributed by atoms with Crippen molar-refractivity contribution in [2.75, 3.05) is 53.4 Å². The molecule has 7 nitrogen and oxygen atoms in total. The Balaban J connectivity index is 1.36. The summed E-state index contributed by atoms with van der Waals surface area (Å²) in [5.74, 6) is 1.72. The lowest BCUT2D eigenvalue weighted by Crippen LogP contribution is -2.42. The van der Waals surface area contributed by atoms with Crippen LogP contribution >= 0.6 is 0 Å². The van der Waals surface area contributed by atoms with Crippen LogP contribution in [0.2, 0.25) is 0 Å². The van der Waals surface area contributed by atoms with Crippen molar-refractivity contribution in [2.24, 2.45) is 0 Å². The zero-order chi connectivity index (χ0) is 18.4. The van der Waals surface area contributed by atoms with E-state index in [0.29, 0.717) is 25.9 Å². The molecule has 1 aromatic carbocycles. The predicted molar refractivity (Wildman–Crippen MR) is 98.4 cm³/mol. The van der Waals surface area contributed by atoms with Gasteiger partial charge in [-0.15, -0.1) is 0 Å². The number of amides is 1. The first-order chi connectivity index (χ1) is 12.6. The minimum absolute atomic E-state index is 0.0959. The van der Waals surface area contributed by atoms with Crippen molar-refractivity contribution >= 4 is 5.91 Å². The zero-order valence-electron chi connectivity index (χ0n) is 15.7. The molecule has 26 heavy (non-hydrogen) atoms. The first kappa shape index (κ1) is 18.9. The lowest BCUT2D eigenvalue weighted by molar-refractivity contribution is -0.122. The van der Waals surface area contributed by atoms with Crippen LogP contribution in [0.3, 0.4) is 0 Å². The smallest absolute Gasteiger partial charge is 0.231 e. The molecule has 144 valence electrons. The molecule has 1 saturated heterocycles. The van der Waals surface area contributed by atoms with E-state index in [4.69, 9.17) is 14.2 Å². The molecule has 1 amide bonds. The molecule has 1 unspecified atom stereocenters. The fourth-order valence-electron chi connectivity index (χ4n) is 3.11. The van der Waals surface area contributed by atoms with Crippen molar-refractivity contribution in [1.29, 1.82) is 0 Å². The highest BCUT2D eigenvalue weighted by molar-refractivity contribution is 5.75. The number of nitrogens with one attached hydrogen (secondary N) is 1. The Morgan fingerprint density at radius 2 is 2.04 bits per heavy atom. The number of ether oxygens (including phenoxy) is 3. The molecule has 1 aromatic rings. The largest absolute Gasteiger partial charge is 0.454 e. The third kappa shape index (κ3) is 5.33. The van der Waals surface area contributed by atoms with Crippen molar-refractivity contribution in [3.05, 3.63) is 23.8 Å². The standard InChI is InChI=1S/C19H29N3O4/c1-15(11-16-3-4-17-18(12-16)26-14-25-17)21(2)13-20-19(23)5-6-22-7-9-24-10-8-22/h3-4,12,15H,5-11,13-14H2,1-2H3,(H,20,23). The van der Waals surface area contributed by atoms with Gasteiger partial charge in [0, 0.05) is 32.1 Å². The van der Waals surface area contributed by atoms with Crippen LogP contribution in [0.1, 0.15) is 18.9 Å². The van der Waals surface area contributed by atoms with Crippen molar-refractivity contribution in [3.63, 3.8) is 0 Å². The second-order valence-electron chi connectivity index (χ2n) is 6.96. The number of morpholine rings is 1. The summed E-state index contributed by atoms with van der Waals surface area (Å²) >= 11 is 0. The van der Waals surface area contributed by atoms with E-state index in [1.54, 1.807) is 0 Å². The van der Waals surface area contributed by atoms with Gasteiger partial charge < -0.3 is 19.5 Å². The van der Waals surface area contributed by atoms with Gasteiger partial charge in [0.05, 0.1) is 19.9 Å². The number of hydrogen-bond donors (Lipinski definition) is 1. The maximum atomic E-state index is 12.1. The van der Waals surface area contributed by atoms with E-state index in [1.165, 1.54) is 5.56 Å². The Labute approximate surface area is 155 Å². The molecular weight excluding hydrogens is 334 g/mol. The normalized spacial score (nSPS) is 18.1. The van der Waals surface area contributed by atoms with Crippen LogP contribution in [0.15, 0.2) is 18.2 Å². The van der Waals surface area contributed by atoms with Crippen LogP contribution in [0.5, 0.6) is 11.5 Å². The first-order valence-corrected chi connectivity index (χ1v) is 9.27. The third-order valence-electron chi connectivity index (χ3n) is 5.00. The van der Waals surface area contributed by atoms with Crippen LogP contribution < -0.4 is 14.8 Å². The minimum Gasteiger partial charge on any atom is -0.454 e. The number of fused-ring (bicyclic) bond motifs is 1. The van der Waals surface area contributed by atoms with Gasteiger partial charge in [-0.1, -0.05) is 6.07 Å². The maximum Gasteiger partial charge on any atom is 0.231 e. The van der Waals surface area contributed by atoms with Gasteiger partial charge in [-0.3, -0.25) is 14.6 Å². The lowest BCUT2D eigenvalue weighted by atomic mass is 10.1. The van der Waals surface area contributed by atoms with Gasteiger partial charge in [-0.25, -0.2) is 0 Å². The Morgan fingerprint density at radius 3 is 2.85 bits per heavy atom. The minimum atomic E-state index is 0.0959. The Kier molecular flexibility index (Phi) is 6.71. The molecule has 7 heteroatoms. The molecular formula is C19H29N3O4. The second-order valence-corrected chi connectivity index (χ2v) is 6.96. The number of hydrogen-bond acceptors (Lipinski definition) is 6. The van der Waals surface area contributed by atoms with E-state index < -0.39 is 0 Å². The van der Waals surface area contributed by atoms with Gasteiger partial charge in [-0.2, -0.15) is 0 Å². The molecule has 1 N–H and O–H groups in total. The fraction of sp³-hybridized carbons (Fsp3) is 0.632. The van der Waals surface area contributed by atoms with E-state index in [-0.39, 0.29) is 5.91 Å². The van der Waals surface area contributed by atoms with Crippen LogP contribution in [0.4, 0.5) is 0 Å². The SMILES string of the molecule is CC(Cc1ccc2c(c1)OCO2)N(C)CNC(=O)CCN1CCOCC1. The zero-order valence-corrected chi connectivity index (χ0v) is 15.7. The maximum absolute atomic E-state index is 12.1. The molecule has 0 bridgehead atoms. The molecule has 2 heterocycles. The molecule has 0 aliphatic carbocycles. The summed E-state index contributed by atoms with van der Waals surface area (Å²) < 4.78 is 16.1. The van der Waals surface area contributed by atoms with E-state index >= 15 is 0 Å². The van der Waals surface area contributed by atoms with Crippen molar-refractivity contribution in [3.8, 4) is 11.5 Å². The summed E-state index contributed by atoms with van der Waals surface area (Å²) in [7, 11) is 2.03. The second kappa shape index (κ2) is 9.21. The van der Waals surface area contributed by atoms with Crippen LogP contribution in [0.25, 0.3) is 0 Å². The average molecular weight is 363 g/mol. The number of nitrogens with zero attached hydrogens (tertiary/aromatic N) is 2. The molecule has 0 saturated carbocycles. The van der Waals surface area contributed by atoms with Crippen LogP contribution in [-0.4, -0.2) is 75.1 Å². The molecule has 3 rings (SSSR count). The van der Waals surface area contributed by atoms with Crippen molar-refractivity contribution in [1.82, 2.24) is 15.1 Å². The quantitative estimate of drug-likeness (QED) is 0.697. The summed E-state index contributed by atoms with van der Waals surface area (Å²) in [6.07, 6.45) is 1.42. The van der Waals surface area contributed by atoms with Gasteiger partial charge in [-0.05, 0) is 38.1 Å². The predicted octanol–water partition coefficient (Wildman–Crippen LogP) is 1.07. The van der Waals surface area contributed by atoms with Gasteiger partial charge in [0.2, 0.25) is 12.7 Å². The van der Waals surface area contributed by atoms with E-state index in [1.807, 2.05) is 19.2 Å². The lowest BCUT2D eigenvalue weighted by Gasteiger charge is -2.27. The van der Waals surface area contributed by atoms with Crippen LogP contribution in [0, 0.1) is 0 Å².